The lowest BCUT2D eigenvalue weighted by Crippen LogP contribution is -2.45. The first-order valence-electron chi connectivity index (χ1n) is 13.3. The van der Waals surface area contributed by atoms with Crippen LogP contribution in [0.5, 0.6) is 0 Å². The lowest BCUT2D eigenvalue weighted by molar-refractivity contribution is 0.0705. The summed E-state index contributed by atoms with van der Waals surface area (Å²) in [5, 5.41) is 9.69. The molecule has 0 unspecified atom stereocenters. The lowest BCUT2D eigenvalue weighted by atomic mass is 10.0. The molecule has 1 amide bonds. The van der Waals surface area contributed by atoms with E-state index in [0.717, 1.165) is 49.2 Å². The molecule has 0 bridgehead atoms. The van der Waals surface area contributed by atoms with E-state index in [2.05, 4.69) is 64.9 Å². The second-order valence-corrected chi connectivity index (χ2v) is 10.9. The van der Waals surface area contributed by atoms with Crippen molar-refractivity contribution in [3.63, 3.8) is 0 Å². The van der Waals surface area contributed by atoms with Crippen LogP contribution in [0.2, 0.25) is 0 Å². The topological polar surface area (TPSA) is 129 Å². The molecule has 3 N–H and O–H groups in total. The minimum atomic E-state index is -2.53. The number of benzene rings is 1. The zero-order chi connectivity index (χ0) is 27.8. The summed E-state index contributed by atoms with van der Waals surface area (Å²) in [6, 6.07) is 9.96. The van der Waals surface area contributed by atoms with Gasteiger partial charge in [0, 0.05) is 50.2 Å². The molecule has 11 heteroatoms. The normalized spacial score (nSPS) is 14.0. The van der Waals surface area contributed by atoms with Crippen molar-refractivity contribution in [3.8, 4) is 0 Å². The van der Waals surface area contributed by atoms with E-state index < -0.39 is 10.7 Å². The van der Waals surface area contributed by atoms with Crippen LogP contribution in [0, 0.1) is 13.8 Å². The summed E-state index contributed by atoms with van der Waals surface area (Å²) in [6.07, 6.45) is 6.84. The van der Waals surface area contributed by atoms with Gasteiger partial charge in [-0.05, 0) is 74.1 Å². The Hall–Kier alpha value is -3.57. The largest absolute Gasteiger partial charge is 0.356 e. The monoisotopic (exact) mass is 551 g/mol. The van der Waals surface area contributed by atoms with Crippen molar-refractivity contribution in [1.29, 1.82) is 0 Å². The minimum Gasteiger partial charge on any atom is -0.356 e. The number of pyridine rings is 1. The second kappa shape index (κ2) is 13.5. The summed E-state index contributed by atoms with van der Waals surface area (Å²) in [6.45, 7) is 8.42. The summed E-state index contributed by atoms with van der Waals surface area (Å²) in [5.41, 5.74) is 6.08. The number of anilines is 3. The molecule has 0 atom stereocenters. The number of aryl methyl sites for hydroxylation is 3. The zero-order valence-electron chi connectivity index (χ0n) is 22.7. The van der Waals surface area contributed by atoms with Crippen molar-refractivity contribution in [2.75, 3.05) is 36.1 Å². The SMILES string of the molecule is CCc1cnc(Nc2cc(C)cc(C)c2)nc1CCNC1CCN(C(=O)c2ccc(NC[SH](=O)=O)nc2)CC1. The molecule has 1 aliphatic heterocycles. The Morgan fingerprint density at radius 3 is 2.44 bits per heavy atom. The molecule has 3 heterocycles. The van der Waals surface area contributed by atoms with Crippen molar-refractivity contribution < 1.29 is 13.2 Å². The number of nitrogens with one attached hydrogen (secondary N) is 3. The number of aromatic nitrogens is 3. The molecule has 2 aromatic heterocycles. The van der Waals surface area contributed by atoms with Crippen molar-refractivity contribution >= 4 is 34.1 Å². The van der Waals surface area contributed by atoms with Gasteiger partial charge in [0.25, 0.3) is 5.91 Å². The van der Waals surface area contributed by atoms with Crippen LogP contribution in [0.15, 0.2) is 42.7 Å². The molecule has 208 valence electrons. The molecule has 0 saturated carbocycles. The molecule has 1 aromatic carbocycles. The lowest BCUT2D eigenvalue weighted by Gasteiger charge is -2.32. The van der Waals surface area contributed by atoms with Crippen LogP contribution in [-0.4, -0.2) is 65.7 Å². The van der Waals surface area contributed by atoms with E-state index >= 15 is 0 Å². The predicted octanol–water partition coefficient (Wildman–Crippen LogP) is 3.21. The fourth-order valence-corrected chi connectivity index (χ4v) is 5.12. The average Bonchev–Trinajstić information content (AvgIpc) is 2.92. The van der Waals surface area contributed by atoms with Gasteiger partial charge in [-0.3, -0.25) is 4.79 Å². The van der Waals surface area contributed by atoms with E-state index in [1.54, 1.807) is 12.1 Å². The average molecular weight is 552 g/mol. The summed E-state index contributed by atoms with van der Waals surface area (Å²) in [4.78, 5) is 28.2. The molecule has 1 saturated heterocycles. The first-order chi connectivity index (χ1) is 18.8. The number of piperidine rings is 1. The molecule has 4 rings (SSSR count). The Bertz CT molecular complexity index is 1330. The van der Waals surface area contributed by atoms with E-state index in [4.69, 9.17) is 4.98 Å². The van der Waals surface area contributed by atoms with Gasteiger partial charge in [-0.1, -0.05) is 13.0 Å². The second-order valence-electron chi connectivity index (χ2n) is 9.89. The molecule has 0 spiro atoms. The molecule has 39 heavy (non-hydrogen) atoms. The van der Waals surface area contributed by atoms with Gasteiger partial charge in [-0.15, -0.1) is 0 Å². The third-order valence-electron chi connectivity index (χ3n) is 6.79. The summed E-state index contributed by atoms with van der Waals surface area (Å²) in [5.74, 6) is 0.799. The zero-order valence-corrected chi connectivity index (χ0v) is 23.6. The van der Waals surface area contributed by atoms with Gasteiger partial charge in [-0.2, -0.15) is 0 Å². The van der Waals surface area contributed by atoms with E-state index in [9.17, 15) is 13.2 Å². The Morgan fingerprint density at radius 2 is 1.79 bits per heavy atom. The fraction of sp³-hybridized carbons (Fsp3) is 0.429. The molecule has 3 aromatic rings. The van der Waals surface area contributed by atoms with Gasteiger partial charge in [0.2, 0.25) is 5.95 Å². The highest BCUT2D eigenvalue weighted by molar-refractivity contribution is 7.72. The minimum absolute atomic E-state index is 0.0557. The van der Waals surface area contributed by atoms with Crippen LogP contribution in [-0.2, 0) is 23.5 Å². The van der Waals surface area contributed by atoms with Crippen LogP contribution in [0.3, 0.4) is 0 Å². The van der Waals surface area contributed by atoms with Gasteiger partial charge in [0.15, 0.2) is 10.7 Å². The van der Waals surface area contributed by atoms with Crippen molar-refractivity contribution in [1.82, 2.24) is 25.2 Å². The van der Waals surface area contributed by atoms with Gasteiger partial charge < -0.3 is 20.9 Å². The Kier molecular flexibility index (Phi) is 9.83. The number of likely N-dealkylation sites (tertiary alicyclic amines) is 1. The van der Waals surface area contributed by atoms with Gasteiger partial charge in [-0.25, -0.2) is 23.4 Å². The van der Waals surface area contributed by atoms with Crippen molar-refractivity contribution in [2.24, 2.45) is 0 Å². The number of hydrogen-bond donors (Lipinski definition) is 4. The third-order valence-corrected chi connectivity index (χ3v) is 7.21. The third kappa shape index (κ3) is 8.21. The van der Waals surface area contributed by atoms with Crippen LogP contribution in [0.25, 0.3) is 0 Å². The smallest absolute Gasteiger partial charge is 0.255 e. The molecule has 10 nitrogen and oxygen atoms in total. The molecule has 0 aliphatic carbocycles. The fourth-order valence-electron chi connectivity index (χ4n) is 4.82. The number of amides is 1. The van der Waals surface area contributed by atoms with Crippen molar-refractivity contribution in [2.45, 2.75) is 52.5 Å². The maximum atomic E-state index is 12.9. The number of carbonyl (C=O) groups excluding carboxylic acids is 1. The van der Waals surface area contributed by atoms with E-state index in [0.29, 0.717) is 36.5 Å². The highest BCUT2D eigenvalue weighted by Gasteiger charge is 2.23. The number of carbonyl (C=O) groups is 1. The maximum Gasteiger partial charge on any atom is 0.255 e. The molecular formula is C28H37N7O3S. The summed E-state index contributed by atoms with van der Waals surface area (Å²) >= 11 is 0. The van der Waals surface area contributed by atoms with Crippen LogP contribution in [0.1, 0.15) is 52.5 Å². The van der Waals surface area contributed by atoms with Crippen LogP contribution >= 0.6 is 0 Å². The van der Waals surface area contributed by atoms with Gasteiger partial charge in [0.1, 0.15) is 11.7 Å². The number of nitrogens with zero attached hydrogens (tertiary/aromatic N) is 4. The standard InChI is InChI=1S/C28H37N7O3S/c1-4-21-16-31-28(33-24-14-19(2)13-20(3)15-24)34-25(21)7-10-29-23-8-11-35(12-9-23)27(36)22-5-6-26(30-17-22)32-18-39(37)38/h5-6,13-17,23,29,39H,4,7-12,18H2,1-3H3,(H,30,32)(H,31,33,34). The van der Waals surface area contributed by atoms with Crippen molar-refractivity contribution in [3.05, 3.63) is 70.7 Å². The highest BCUT2D eigenvalue weighted by atomic mass is 32.2. The molecule has 1 aliphatic rings. The molecule has 0 radical (unpaired) electrons. The first kappa shape index (κ1) is 28.4. The first-order valence-corrected chi connectivity index (χ1v) is 14.7. The van der Waals surface area contributed by atoms with E-state index in [-0.39, 0.29) is 11.8 Å². The number of rotatable bonds is 11. The molecular weight excluding hydrogens is 514 g/mol. The predicted molar refractivity (Wildman–Crippen MR) is 154 cm³/mol. The Labute approximate surface area is 231 Å². The summed E-state index contributed by atoms with van der Waals surface area (Å²) < 4.78 is 21.4. The van der Waals surface area contributed by atoms with Crippen LogP contribution in [0.4, 0.5) is 17.5 Å². The highest BCUT2D eigenvalue weighted by Crippen LogP contribution is 2.19. The van der Waals surface area contributed by atoms with Gasteiger partial charge >= 0.3 is 0 Å². The summed E-state index contributed by atoms with van der Waals surface area (Å²) in [7, 11) is -2.53. The molecule has 1 fully saturated rings. The van der Waals surface area contributed by atoms with E-state index in [1.165, 1.54) is 17.3 Å². The van der Waals surface area contributed by atoms with E-state index in [1.807, 2.05) is 11.1 Å². The quantitative estimate of drug-likeness (QED) is 0.266. The maximum absolute atomic E-state index is 12.9. The Balaban J connectivity index is 1.26. The number of hydrogen-bond acceptors (Lipinski definition) is 9. The number of thiol groups is 1. The Morgan fingerprint density at radius 1 is 1.05 bits per heavy atom. The van der Waals surface area contributed by atoms with Crippen LogP contribution < -0.4 is 16.0 Å². The van der Waals surface area contributed by atoms with Gasteiger partial charge in [0.05, 0.1) is 11.3 Å².